The molecule has 7 nitrogen and oxygen atoms in total. The third kappa shape index (κ3) is 3.20. The number of ether oxygens (including phenoxy) is 2. The largest absolute Gasteiger partial charge is 0.383 e. The van der Waals surface area contributed by atoms with Crippen molar-refractivity contribution in [2.45, 2.75) is 19.4 Å². The van der Waals surface area contributed by atoms with Gasteiger partial charge in [0.05, 0.1) is 32.2 Å². The molecule has 1 aromatic carbocycles. The van der Waals surface area contributed by atoms with Crippen LogP contribution in [0, 0.1) is 0 Å². The Bertz CT molecular complexity index is 1070. The first-order valence-electron chi connectivity index (χ1n) is 10.1. The zero-order chi connectivity index (χ0) is 19.8. The van der Waals surface area contributed by atoms with Crippen molar-refractivity contribution in [1.29, 1.82) is 0 Å². The molecule has 0 radical (unpaired) electrons. The van der Waals surface area contributed by atoms with Crippen LogP contribution in [-0.2, 0) is 15.9 Å². The van der Waals surface area contributed by atoms with Crippen LogP contribution in [-0.4, -0.2) is 59.5 Å². The minimum atomic E-state index is 0.131. The van der Waals surface area contributed by atoms with Crippen LogP contribution in [0.3, 0.4) is 0 Å². The van der Waals surface area contributed by atoms with Crippen molar-refractivity contribution < 1.29 is 9.47 Å². The zero-order valence-electron chi connectivity index (χ0n) is 16.8. The number of imidazole rings is 1. The molecule has 0 bridgehead atoms. The highest BCUT2D eigenvalue weighted by Crippen LogP contribution is 2.35. The normalized spacial score (nSPS) is 17.1. The van der Waals surface area contributed by atoms with Crippen LogP contribution >= 0.6 is 0 Å². The van der Waals surface area contributed by atoms with E-state index in [9.17, 15) is 0 Å². The number of benzene rings is 1. The SMILES string of the molecule is COCC(C)n1cnc2c(-c3cccc4c3C=CC4)nc(N3CCOCC3)nc21. The maximum atomic E-state index is 5.52. The van der Waals surface area contributed by atoms with Gasteiger partial charge in [0.15, 0.2) is 5.65 Å². The molecule has 2 aliphatic rings. The second kappa shape index (κ2) is 7.57. The molecule has 3 heterocycles. The third-order valence-corrected chi connectivity index (χ3v) is 5.66. The van der Waals surface area contributed by atoms with Gasteiger partial charge in [-0.15, -0.1) is 0 Å². The van der Waals surface area contributed by atoms with Gasteiger partial charge in [0, 0.05) is 25.8 Å². The molecule has 5 rings (SSSR count). The highest BCUT2D eigenvalue weighted by molar-refractivity contribution is 5.92. The maximum absolute atomic E-state index is 5.52. The van der Waals surface area contributed by atoms with Crippen molar-refractivity contribution in [1.82, 2.24) is 19.5 Å². The van der Waals surface area contributed by atoms with Gasteiger partial charge in [0.2, 0.25) is 5.95 Å². The number of allylic oxidation sites excluding steroid dienone is 1. The van der Waals surface area contributed by atoms with Gasteiger partial charge in [-0.3, -0.25) is 0 Å². The zero-order valence-corrected chi connectivity index (χ0v) is 16.8. The van der Waals surface area contributed by atoms with Crippen LogP contribution < -0.4 is 4.90 Å². The molecular weight excluding hydrogens is 366 g/mol. The minimum Gasteiger partial charge on any atom is -0.383 e. The third-order valence-electron chi connectivity index (χ3n) is 5.66. The van der Waals surface area contributed by atoms with Gasteiger partial charge < -0.3 is 18.9 Å². The highest BCUT2D eigenvalue weighted by Gasteiger charge is 2.23. The molecule has 0 amide bonds. The summed E-state index contributed by atoms with van der Waals surface area (Å²) in [4.78, 5) is 16.9. The standard InChI is InChI=1S/C22H25N5O2/c1-15(13-28-2)27-14-23-20-19(18-8-4-6-16-5-3-7-17(16)18)24-22(25-21(20)27)26-9-11-29-12-10-26/h3-4,6-8,14-15H,5,9-13H2,1-2H3. The number of anilines is 1. The van der Waals surface area contributed by atoms with Crippen molar-refractivity contribution in [2.75, 3.05) is 44.9 Å². The summed E-state index contributed by atoms with van der Waals surface area (Å²) in [6.45, 7) is 5.68. The Morgan fingerprint density at radius 2 is 2.07 bits per heavy atom. The summed E-state index contributed by atoms with van der Waals surface area (Å²) in [6.07, 6.45) is 7.22. The summed E-state index contributed by atoms with van der Waals surface area (Å²) in [5.41, 5.74) is 6.25. The molecule has 1 unspecified atom stereocenters. The fourth-order valence-corrected chi connectivity index (χ4v) is 4.14. The van der Waals surface area contributed by atoms with Crippen LogP contribution in [0.25, 0.3) is 28.5 Å². The molecule has 1 saturated heterocycles. The van der Waals surface area contributed by atoms with Crippen LogP contribution in [0.2, 0.25) is 0 Å². The van der Waals surface area contributed by atoms with Gasteiger partial charge in [0.1, 0.15) is 11.2 Å². The van der Waals surface area contributed by atoms with Gasteiger partial charge in [-0.2, -0.15) is 4.98 Å². The van der Waals surface area contributed by atoms with Crippen LogP contribution in [0.4, 0.5) is 5.95 Å². The van der Waals surface area contributed by atoms with E-state index in [-0.39, 0.29) is 6.04 Å². The number of rotatable bonds is 5. The smallest absolute Gasteiger partial charge is 0.228 e. The Balaban J connectivity index is 1.72. The molecule has 1 atom stereocenters. The van der Waals surface area contributed by atoms with Crippen molar-refractivity contribution in [2.24, 2.45) is 0 Å². The van der Waals surface area contributed by atoms with Crippen LogP contribution in [0.15, 0.2) is 30.6 Å². The molecule has 150 valence electrons. The van der Waals surface area contributed by atoms with E-state index < -0.39 is 0 Å². The Morgan fingerprint density at radius 3 is 2.90 bits per heavy atom. The number of hydrogen-bond donors (Lipinski definition) is 0. The quantitative estimate of drug-likeness (QED) is 0.666. The van der Waals surface area contributed by atoms with E-state index in [2.05, 4.69) is 46.7 Å². The lowest BCUT2D eigenvalue weighted by Crippen LogP contribution is -2.37. The fourth-order valence-electron chi connectivity index (χ4n) is 4.14. The van der Waals surface area contributed by atoms with Crippen LogP contribution in [0.5, 0.6) is 0 Å². The first kappa shape index (κ1) is 18.3. The number of aromatic nitrogens is 4. The second-order valence-electron chi connectivity index (χ2n) is 7.58. The molecule has 1 aliphatic heterocycles. The summed E-state index contributed by atoms with van der Waals surface area (Å²) < 4.78 is 13.0. The highest BCUT2D eigenvalue weighted by atomic mass is 16.5. The van der Waals surface area contributed by atoms with Gasteiger partial charge in [-0.25, -0.2) is 9.97 Å². The van der Waals surface area contributed by atoms with Crippen molar-refractivity contribution in [3.05, 3.63) is 41.7 Å². The minimum absolute atomic E-state index is 0.131. The molecule has 0 spiro atoms. The number of morpholine rings is 1. The molecule has 7 heteroatoms. The van der Waals surface area contributed by atoms with E-state index in [1.54, 1.807) is 7.11 Å². The summed E-state index contributed by atoms with van der Waals surface area (Å²) in [6, 6.07) is 6.55. The number of nitrogens with zero attached hydrogens (tertiary/aromatic N) is 5. The molecule has 1 fully saturated rings. The Hall–Kier alpha value is -2.77. The lowest BCUT2D eigenvalue weighted by atomic mass is 10.0. The van der Waals surface area contributed by atoms with Crippen molar-refractivity contribution in [3.63, 3.8) is 0 Å². The molecule has 3 aromatic rings. The summed E-state index contributed by atoms with van der Waals surface area (Å²) >= 11 is 0. The van der Waals surface area contributed by atoms with Crippen LogP contribution in [0.1, 0.15) is 24.1 Å². The molecular formula is C22H25N5O2. The summed E-state index contributed by atoms with van der Waals surface area (Å²) in [5.74, 6) is 0.738. The molecule has 1 aliphatic carbocycles. The van der Waals surface area contributed by atoms with Gasteiger partial charge in [-0.05, 0) is 24.5 Å². The molecule has 2 aromatic heterocycles. The van der Waals surface area contributed by atoms with Gasteiger partial charge in [-0.1, -0.05) is 30.4 Å². The average Bonchev–Trinajstić information content (AvgIpc) is 3.40. The average molecular weight is 391 g/mol. The monoisotopic (exact) mass is 391 g/mol. The van der Waals surface area contributed by atoms with Crippen molar-refractivity contribution >= 4 is 23.2 Å². The lowest BCUT2D eigenvalue weighted by molar-refractivity contribution is 0.122. The lowest BCUT2D eigenvalue weighted by Gasteiger charge is -2.27. The van der Waals surface area contributed by atoms with Gasteiger partial charge >= 0.3 is 0 Å². The predicted molar refractivity (Wildman–Crippen MR) is 113 cm³/mol. The topological polar surface area (TPSA) is 65.3 Å². The Morgan fingerprint density at radius 1 is 1.21 bits per heavy atom. The van der Waals surface area contributed by atoms with E-state index in [4.69, 9.17) is 24.4 Å². The second-order valence-corrected chi connectivity index (χ2v) is 7.58. The molecule has 29 heavy (non-hydrogen) atoms. The summed E-state index contributed by atoms with van der Waals surface area (Å²) in [7, 11) is 1.72. The van der Waals surface area contributed by atoms with E-state index in [0.717, 1.165) is 47.9 Å². The van der Waals surface area contributed by atoms with E-state index in [1.165, 1.54) is 11.1 Å². The Labute approximate surface area is 170 Å². The predicted octanol–water partition coefficient (Wildman–Crippen LogP) is 3.11. The Kier molecular flexibility index (Phi) is 4.77. The molecule has 0 N–H and O–H groups in total. The summed E-state index contributed by atoms with van der Waals surface area (Å²) in [5, 5.41) is 0. The van der Waals surface area contributed by atoms with Crippen molar-refractivity contribution in [3.8, 4) is 11.3 Å². The maximum Gasteiger partial charge on any atom is 0.228 e. The molecule has 0 saturated carbocycles. The van der Waals surface area contributed by atoms with E-state index >= 15 is 0 Å². The van der Waals surface area contributed by atoms with E-state index in [0.29, 0.717) is 19.8 Å². The number of fused-ring (bicyclic) bond motifs is 2. The fraction of sp³-hybridized carbons (Fsp3) is 0.409. The van der Waals surface area contributed by atoms with E-state index in [1.807, 2.05) is 6.33 Å². The number of methoxy groups -OCH3 is 1. The first-order valence-corrected chi connectivity index (χ1v) is 10.1. The number of hydrogen-bond acceptors (Lipinski definition) is 6. The first-order chi connectivity index (χ1) is 14.3. The van der Waals surface area contributed by atoms with Gasteiger partial charge in [0.25, 0.3) is 0 Å².